The van der Waals surface area contributed by atoms with Crippen LogP contribution in [0.25, 0.3) is 0 Å². The van der Waals surface area contributed by atoms with Crippen LogP contribution in [0, 0.1) is 17.8 Å². The van der Waals surface area contributed by atoms with Gasteiger partial charge in [0.25, 0.3) is 0 Å². The molecule has 0 spiro atoms. The van der Waals surface area contributed by atoms with E-state index in [1.165, 1.54) is 12.8 Å². The van der Waals surface area contributed by atoms with Gasteiger partial charge in [0.1, 0.15) is 0 Å². The lowest BCUT2D eigenvalue weighted by Gasteiger charge is -2.22. The average Bonchev–Trinajstić information content (AvgIpc) is 3.07. The summed E-state index contributed by atoms with van der Waals surface area (Å²) >= 11 is 0. The molecule has 0 aromatic rings. The zero-order valence-corrected chi connectivity index (χ0v) is 10.8. The molecule has 2 N–H and O–H groups in total. The van der Waals surface area contributed by atoms with Gasteiger partial charge < -0.3 is 10.6 Å². The number of piperidine rings is 1. The second-order valence-electron chi connectivity index (χ2n) is 4.88. The van der Waals surface area contributed by atoms with Crippen LogP contribution in [0.1, 0.15) is 32.6 Å². The van der Waals surface area contributed by atoms with Crippen molar-refractivity contribution >= 4 is 18.3 Å². The Balaban J connectivity index is 0.00000128. The minimum atomic E-state index is 0. The molecule has 1 aliphatic carbocycles. The molecule has 2 aliphatic rings. The summed E-state index contributed by atoms with van der Waals surface area (Å²) < 4.78 is 0. The third kappa shape index (κ3) is 3.36. The van der Waals surface area contributed by atoms with E-state index in [4.69, 9.17) is 0 Å². The molecule has 16 heavy (non-hydrogen) atoms. The Hall–Kier alpha value is -0.280. The van der Waals surface area contributed by atoms with E-state index < -0.39 is 0 Å². The van der Waals surface area contributed by atoms with E-state index in [2.05, 4.69) is 17.6 Å². The second kappa shape index (κ2) is 6.45. The number of hydrogen-bond acceptors (Lipinski definition) is 2. The molecule has 1 saturated carbocycles. The molecule has 94 valence electrons. The van der Waals surface area contributed by atoms with Crippen LogP contribution < -0.4 is 10.6 Å². The van der Waals surface area contributed by atoms with Crippen molar-refractivity contribution in [3.05, 3.63) is 0 Å². The maximum Gasteiger partial charge on any atom is 0.223 e. The molecule has 2 rings (SSSR count). The Kier molecular flexibility index (Phi) is 5.56. The number of nitrogens with one attached hydrogen (secondary N) is 2. The van der Waals surface area contributed by atoms with Crippen molar-refractivity contribution in [3.8, 4) is 0 Å². The Labute approximate surface area is 104 Å². The molecular formula is C12H23ClN2O. The van der Waals surface area contributed by atoms with Gasteiger partial charge in [-0.15, -0.1) is 12.4 Å². The zero-order valence-electron chi connectivity index (χ0n) is 10.00. The fraction of sp³-hybridized carbons (Fsp3) is 0.917. The first kappa shape index (κ1) is 13.8. The van der Waals surface area contributed by atoms with Gasteiger partial charge in [-0.3, -0.25) is 4.79 Å². The Morgan fingerprint density at radius 2 is 2.06 bits per heavy atom. The minimum absolute atomic E-state index is 0. The largest absolute Gasteiger partial charge is 0.356 e. The second-order valence-corrected chi connectivity index (χ2v) is 4.88. The normalized spacial score (nSPS) is 29.3. The van der Waals surface area contributed by atoms with E-state index in [1.54, 1.807) is 0 Å². The standard InChI is InChI=1S/C12H22N2O.ClH/c1-2-5-14-12(15)11-8-10(11)9-3-6-13-7-4-9;/h9-11,13H,2-8H2,1H3,(H,14,15);1H/t10-,11+;/m0./s1. The summed E-state index contributed by atoms with van der Waals surface area (Å²) in [4.78, 5) is 11.7. The number of carbonyl (C=O) groups excluding carboxylic acids is 1. The molecular weight excluding hydrogens is 224 g/mol. The van der Waals surface area contributed by atoms with Crippen molar-refractivity contribution in [1.82, 2.24) is 10.6 Å². The van der Waals surface area contributed by atoms with Crippen molar-refractivity contribution < 1.29 is 4.79 Å². The van der Waals surface area contributed by atoms with Gasteiger partial charge in [-0.05, 0) is 50.6 Å². The Morgan fingerprint density at radius 1 is 1.38 bits per heavy atom. The summed E-state index contributed by atoms with van der Waals surface area (Å²) in [6.45, 7) is 5.22. The lowest BCUT2D eigenvalue weighted by atomic mass is 9.92. The van der Waals surface area contributed by atoms with Crippen LogP contribution in [-0.4, -0.2) is 25.5 Å². The summed E-state index contributed by atoms with van der Waals surface area (Å²) in [5.41, 5.74) is 0. The molecule has 0 unspecified atom stereocenters. The molecule has 1 aliphatic heterocycles. The lowest BCUT2D eigenvalue weighted by molar-refractivity contribution is -0.122. The molecule has 2 atom stereocenters. The molecule has 1 heterocycles. The van der Waals surface area contributed by atoms with Crippen LogP contribution in [-0.2, 0) is 4.79 Å². The number of rotatable bonds is 4. The van der Waals surface area contributed by atoms with E-state index in [0.29, 0.717) is 17.7 Å². The van der Waals surface area contributed by atoms with Crippen molar-refractivity contribution in [1.29, 1.82) is 0 Å². The first-order valence-corrected chi connectivity index (χ1v) is 6.31. The summed E-state index contributed by atoms with van der Waals surface area (Å²) in [5.74, 6) is 2.16. The summed E-state index contributed by atoms with van der Waals surface area (Å²) in [6.07, 6.45) is 4.71. The molecule has 3 nitrogen and oxygen atoms in total. The predicted molar refractivity (Wildman–Crippen MR) is 67.7 cm³/mol. The van der Waals surface area contributed by atoms with Crippen LogP contribution >= 0.6 is 12.4 Å². The van der Waals surface area contributed by atoms with Crippen LogP contribution in [0.3, 0.4) is 0 Å². The van der Waals surface area contributed by atoms with Crippen molar-refractivity contribution in [3.63, 3.8) is 0 Å². The lowest BCUT2D eigenvalue weighted by Crippen LogP contribution is -2.31. The van der Waals surface area contributed by atoms with E-state index in [1.807, 2.05) is 0 Å². The number of amides is 1. The van der Waals surface area contributed by atoms with Gasteiger partial charge in [-0.2, -0.15) is 0 Å². The SMILES string of the molecule is CCCNC(=O)[C@@H]1C[C@H]1C1CCNCC1.Cl. The van der Waals surface area contributed by atoms with E-state index >= 15 is 0 Å². The van der Waals surface area contributed by atoms with Crippen molar-refractivity contribution in [2.45, 2.75) is 32.6 Å². The summed E-state index contributed by atoms with van der Waals surface area (Å²) in [7, 11) is 0. The smallest absolute Gasteiger partial charge is 0.223 e. The fourth-order valence-electron chi connectivity index (χ4n) is 2.69. The first-order chi connectivity index (χ1) is 7.33. The van der Waals surface area contributed by atoms with E-state index in [-0.39, 0.29) is 12.4 Å². The molecule has 0 aromatic heterocycles. The molecule has 1 amide bonds. The Morgan fingerprint density at radius 3 is 2.69 bits per heavy atom. The third-order valence-electron chi connectivity index (χ3n) is 3.72. The molecule has 1 saturated heterocycles. The van der Waals surface area contributed by atoms with Gasteiger partial charge in [0.2, 0.25) is 5.91 Å². The number of halogens is 1. The summed E-state index contributed by atoms with van der Waals surface area (Å²) in [6, 6.07) is 0. The van der Waals surface area contributed by atoms with Gasteiger partial charge >= 0.3 is 0 Å². The van der Waals surface area contributed by atoms with Gasteiger partial charge in [0.15, 0.2) is 0 Å². The minimum Gasteiger partial charge on any atom is -0.356 e. The first-order valence-electron chi connectivity index (χ1n) is 6.31. The van der Waals surface area contributed by atoms with Gasteiger partial charge in [0, 0.05) is 12.5 Å². The average molecular weight is 247 g/mol. The highest BCUT2D eigenvalue weighted by Gasteiger charge is 2.47. The molecule has 0 bridgehead atoms. The zero-order chi connectivity index (χ0) is 10.7. The van der Waals surface area contributed by atoms with Crippen LogP contribution in [0.4, 0.5) is 0 Å². The predicted octanol–water partition coefficient (Wildman–Crippen LogP) is 1.57. The van der Waals surface area contributed by atoms with Gasteiger partial charge in [-0.1, -0.05) is 6.92 Å². The molecule has 2 fully saturated rings. The van der Waals surface area contributed by atoms with E-state index in [9.17, 15) is 4.79 Å². The Bertz CT molecular complexity index is 229. The van der Waals surface area contributed by atoms with Gasteiger partial charge in [-0.25, -0.2) is 0 Å². The fourth-order valence-corrected chi connectivity index (χ4v) is 2.69. The molecule has 0 radical (unpaired) electrons. The number of hydrogen-bond donors (Lipinski definition) is 2. The monoisotopic (exact) mass is 246 g/mol. The number of carbonyl (C=O) groups is 1. The maximum atomic E-state index is 11.7. The van der Waals surface area contributed by atoms with E-state index in [0.717, 1.165) is 38.4 Å². The van der Waals surface area contributed by atoms with Crippen LogP contribution in [0.2, 0.25) is 0 Å². The van der Waals surface area contributed by atoms with Crippen LogP contribution in [0.5, 0.6) is 0 Å². The molecule has 0 aromatic carbocycles. The molecule has 4 heteroatoms. The third-order valence-corrected chi connectivity index (χ3v) is 3.72. The quantitative estimate of drug-likeness (QED) is 0.791. The van der Waals surface area contributed by atoms with Crippen molar-refractivity contribution in [2.75, 3.05) is 19.6 Å². The topological polar surface area (TPSA) is 41.1 Å². The maximum absolute atomic E-state index is 11.7. The highest BCUT2D eigenvalue weighted by molar-refractivity contribution is 5.85. The highest BCUT2D eigenvalue weighted by atomic mass is 35.5. The van der Waals surface area contributed by atoms with Gasteiger partial charge in [0.05, 0.1) is 0 Å². The highest BCUT2D eigenvalue weighted by Crippen LogP contribution is 2.47. The summed E-state index contributed by atoms with van der Waals surface area (Å²) in [5, 5.41) is 6.38. The van der Waals surface area contributed by atoms with Crippen molar-refractivity contribution in [2.24, 2.45) is 17.8 Å². The van der Waals surface area contributed by atoms with Crippen LogP contribution in [0.15, 0.2) is 0 Å².